The Labute approximate surface area is 132 Å². The van der Waals surface area contributed by atoms with Crippen LogP contribution in [0.4, 0.5) is 0 Å². The summed E-state index contributed by atoms with van der Waals surface area (Å²) in [5.41, 5.74) is 1.22. The fraction of sp³-hybridized carbons (Fsp3) is 0.125. The molecule has 4 nitrogen and oxygen atoms in total. The van der Waals surface area contributed by atoms with E-state index in [1.165, 1.54) is 12.1 Å². The number of hydrogen-bond acceptors (Lipinski definition) is 4. The number of nitrogens with zero attached hydrogens (tertiary/aromatic N) is 2. The van der Waals surface area contributed by atoms with Crippen molar-refractivity contribution in [3.05, 3.63) is 59.7 Å². The highest BCUT2D eigenvalue weighted by Crippen LogP contribution is 2.11. The van der Waals surface area contributed by atoms with Gasteiger partial charge in [0.15, 0.2) is 0 Å². The van der Waals surface area contributed by atoms with E-state index < -0.39 is 0 Å². The van der Waals surface area contributed by atoms with Crippen LogP contribution in [0.15, 0.2) is 48.5 Å². The summed E-state index contributed by atoms with van der Waals surface area (Å²) in [6, 6.07) is 17.2. The number of benzene rings is 2. The molecule has 0 spiro atoms. The van der Waals surface area contributed by atoms with E-state index in [9.17, 15) is 0 Å². The Morgan fingerprint density at radius 2 is 1.38 bits per heavy atom. The maximum Gasteiger partial charge on any atom is 0.119 e. The zero-order valence-electron chi connectivity index (χ0n) is 11.2. The van der Waals surface area contributed by atoms with Crippen LogP contribution in [0.2, 0.25) is 0 Å². The number of phenolic OH excluding ortho intramolecular Hbond substituents is 1. The summed E-state index contributed by atoms with van der Waals surface area (Å²) in [7, 11) is 0. The van der Waals surface area contributed by atoms with Gasteiger partial charge in [-0.25, -0.2) is 0 Å². The third-order valence-electron chi connectivity index (χ3n) is 2.33. The van der Waals surface area contributed by atoms with Gasteiger partial charge in [-0.3, -0.25) is 0 Å². The molecule has 0 aromatic heterocycles. The molecule has 106 valence electrons. The Morgan fingerprint density at radius 3 is 1.81 bits per heavy atom. The van der Waals surface area contributed by atoms with Crippen LogP contribution < -0.4 is 4.74 Å². The van der Waals surface area contributed by atoms with Crippen molar-refractivity contribution in [2.75, 3.05) is 11.9 Å². The predicted molar refractivity (Wildman–Crippen MR) is 83.3 cm³/mol. The first-order valence-corrected chi connectivity index (χ1v) is 7.20. The zero-order chi connectivity index (χ0) is 15.5. The Bertz CT molecular complexity index is 625. The van der Waals surface area contributed by atoms with Gasteiger partial charge in [-0.05, 0) is 48.5 Å². The molecule has 0 bridgehead atoms. The first-order chi connectivity index (χ1) is 10.2. The average molecular weight is 345 g/mol. The molecule has 0 aliphatic rings. The molecule has 0 aliphatic carbocycles. The van der Waals surface area contributed by atoms with Gasteiger partial charge in [-0.15, -0.1) is 0 Å². The lowest BCUT2D eigenvalue weighted by Crippen LogP contribution is -1.97. The fourth-order valence-corrected chi connectivity index (χ4v) is 1.48. The molecule has 2 rings (SSSR count). The molecule has 1 N–H and O–H groups in total. The van der Waals surface area contributed by atoms with Crippen LogP contribution >= 0.6 is 15.9 Å². The molecule has 2 aromatic rings. The van der Waals surface area contributed by atoms with E-state index in [-0.39, 0.29) is 5.75 Å². The Hall–Kier alpha value is -2.50. The van der Waals surface area contributed by atoms with E-state index in [0.29, 0.717) is 17.7 Å². The largest absolute Gasteiger partial charge is 0.508 e. The summed E-state index contributed by atoms with van der Waals surface area (Å²) in [5.74, 6) is 0.988. The van der Waals surface area contributed by atoms with Crippen LogP contribution in [-0.2, 0) is 0 Å². The summed E-state index contributed by atoms with van der Waals surface area (Å²) in [5, 5.41) is 26.4. The highest BCUT2D eigenvalue weighted by atomic mass is 79.9. The molecule has 21 heavy (non-hydrogen) atoms. The molecular weight excluding hydrogens is 332 g/mol. The molecule has 0 atom stereocenters. The lowest BCUT2D eigenvalue weighted by molar-refractivity contribution is 0.345. The minimum atomic E-state index is 0.189. The van der Waals surface area contributed by atoms with Gasteiger partial charge < -0.3 is 9.84 Å². The summed E-state index contributed by atoms with van der Waals surface area (Å²) in [6.07, 6.45) is 0. The Morgan fingerprint density at radius 1 is 0.905 bits per heavy atom. The number of ether oxygens (including phenoxy) is 1. The van der Waals surface area contributed by atoms with Crippen molar-refractivity contribution < 1.29 is 9.84 Å². The van der Waals surface area contributed by atoms with Crippen LogP contribution in [0.5, 0.6) is 11.5 Å². The molecule has 0 unspecified atom stereocenters. The molecule has 0 amide bonds. The van der Waals surface area contributed by atoms with Crippen LogP contribution in [0, 0.1) is 22.7 Å². The van der Waals surface area contributed by atoms with Crippen molar-refractivity contribution in [3.63, 3.8) is 0 Å². The van der Waals surface area contributed by atoms with Crippen LogP contribution in [0.25, 0.3) is 0 Å². The van der Waals surface area contributed by atoms with E-state index >= 15 is 0 Å². The lowest BCUT2D eigenvalue weighted by Gasteiger charge is -2.02. The highest BCUT2D eigenvalue weighted by Gasteiger charge is 1.92. The van der Waals surface area contributed by atoms with E-state index in [0.717, 1.165) is 11.1 Å². The highest BCUT2D eigenvalue weighted by molar-refractivity contribution is 9.09. The molecular formula is C16H13BrN2O2. The summed E-state index contributed by atoms with van der Waals surface area (Å²) in [4.78, 5) is 0. The number of phenols is 1. The lowest BCUT2D eigenvalue weighted by atomic mass is 10.2. The van der Waals surface area contributed by atoms with Crippen LogP contribution in [-0.4, -0.2) is 17.0 Å². The topological polar surface area (TPSA) is 77.0 Å². The molecule has 5 heteroatoms. The van der Waals surface area contributed by atoms with Crippen molar-refractivity contribution in [2.24, 2.45) is 0 Å². The van der Waals surface area contributed by atoms with E-state index in [2.05, 4.69) is 15.9 Å². The van der Waals surface area contributed by atoms with E-state index in [1.54, 1.807) is 36.4 Å². The molecule has 0 saturated carbocycles. The smallest absolute Gasteiger partial charge is 0.119 e. The fourth-order valence-electron chi connectivity index (χ4n) is 1.32. The molecule has 0 fully saturated rings. The standard InChI is InChI=1S/C9H8BrNO.C7H5NO/c10-5-6-12-9-3-1-8(7-11)2-4-9;8-5-6-1-3-7(9)4-2-6/h1-4H,5-6H2;1-4,9H. The van der Waals surface area contributed by atoms with Gasteiger partial charge >= 0.3 is 0 Å². The molecule has 2 aromatic carbocycles. The van der Waals surface area contributed by atoms with Crippen molar-refractivity contribution in [2.45, 2.75) is 0 Å². The van der Waals surface area contributed by atoms with Gasteiger partial charge in [-0.2, -0.15) is 10.5 Å². The summed E-state index contributed by atoms with van der Waals surface area (Å²) < 4.78 is 5.30. The van der Waals surface area contributed by atoms with Crippen LogP contribution in [0.3, 0.4) is 0 Å². The quantitative estimate of drug-likeness (QED) is 0.863. The summed E-state index contributed by atoms with van der Waals surface area (Å²) >= 11 is 3.26. The SMILES string of the molecule is N#Cc1ccc(O)cc1.N#Cc1ccc(OCCBr)cc1. The molecule has 0 heterocycles. The molecule has 0 radical (unpaired) electrons. The number of nitriles is 2. The van der Waals surface area contributed by atoms with Crippen LogP contribution in [0.1, 0.15) is 11.1 Å². The first kappa shape index (κ1) is 16.6. The monoisotopic (exact) mass is 344 g/mol. The number of aromatic hydroxyl groups is 1. The first-order valence-electron chi connectivity index (χ1n) is 6.07. The second kappa shape index (κ2) is 9.41. The van der Waals surface area contributed by atoms with E-state index in [1.807, 2.05) is 12.1 Å². The average Bonchev–Trinajstić information content (AvgIpc) is 2.55. The summed E-state index contributed by atoms with van der Waals surface area (Å²) in [6.45, 7) is 0.645. The Kier molecular flexibility index (Phi) is 7.42. The maximum absolute atomic E-state index is 8.74. The van der Waals surface area contributed by atoms with Crippen molar-refractivity contribution in [1.29, 1.82) is 10.5 Å². The van der Waals surface area contributed by atoms with E-state index in [4.69, 9.17) is 20.4 Å². The van der Waals surface area contributed by atoms with Gasteiger partial charge in [0.1, 0.15) is 11.5 Å². The van der Waals surface area contributed by atoms with Crippen molar-refractivity contribution in [3.8, 4) is 23.6 Å². The maximum atomic E-state index is 8.74. The zero-order valence-corrected chi connectivity index (χ0v) is 12.7. The van der Waals surface area contributed by atoms with Gasteiger partial charge in [0.2, 0.25) is 0 Å². The molecule has 0 aliphatic heterocycles. The third kappa shape index (κ3) is 6.47. The van der Waals surface area contributed by atoms with Gasteiger partial charge in [-0.1, -0.05) is 15.9 Å². The normalized spacial score (nSPS) is 8.71. The number of hydrogen-bond donors (Lipinski definition) is 1. The minimum absolute atomic E-state index is 0.189. The van der Waals surface area contributed by atoms with Gasteiger partial charge in [0, 0.05) is 5.33 Å². The number of rotatable bonds is 3. The minimum Gasteiger partial charge on any atom is -0.508 e. The second-order valence-corrected chi connectivity index (χ2v) is 4.63. The Balaban J connectivity index is 0.000000219. The van der Waals surface area contributed by atoms with Gasteiger partial charge in [0.05, 0.1) is 29.9 Å². The third-order valence-corrected chi connectivity index (χ3v) is 2.65. The number of halogens is 1. The molecule has 0 saturated heterocycles. The predicted octanol–water partition coefficient (Wildman–Crippen LogP) is 3.60. The number of alkyl halides is 1. The van der Waals surface area contributed by atoms with Crippen molar-refractivity contribution >= 4 is 15.9 Å². The van der Waals surface area contributed by atoms with Crippen molar-refractivity contribution in [1.82, 2.24) is 0 Å². The van der Waals surface area contributed by atoms with Gasteiger partial charge in [0.25, 0.3) is 0 Å². The second-order valence-electron chi connectivity index (χ2n) is 3.83.